The first-order valence-corrected chi connectivity index (χ1v) is 7.47. The first-order chi connectivity index (χ1) is 11.0. The average Bonchev–Trinajstić information content (AvgIpc) is 2.55. The van der Waals surface area contributed by atoms with E-state index in [1.807, 2.05) is 0 Å². The highest BCUT2D eigenvalue weighted by atomic mass is 16.6. The Labute approximate surface area is 133 Å². The van der Waals surface area contributed by atoms with E-state index in [-0.39, 0.29) is 23.9 Å². The first-order valence-electron chi connectivity index (χ1n) is 7.47. The zero-order chi connectivity index (χ0) is 16.8. The Morgan fingerprint density at radius 2 is 1.96 bits per heavy atom. The molecule has 0 saturated carbocycles. The maximum Gasteiger partial charge on any atom is 0.306 e. The van der Waals surface area contributed by atoms with Crippen molar-refractivity contribution in [2.75, 3.05) is 25.0 Å². The molecule has 124 valence electrons. The number of carbonyl (C=O) groups excluding carboxylic acids is 1. The van der Waals surface area contributed by atoms with Crippen molar-refractivity contribution in [3.05, 3.63) is 34.4 Å². The lowest BCUT2D eigenvalue weighted by Gasteiger charge is -2.30. The van der Waals surface area contributed by atoms with E-state index in [0.29, 0.717) is 38.2 Å². The predicted octanol–water partition coefficient (Wildman–Crippen LogP) is 1.72. The van der Waals surface area contributed by atoms with Crippen LogP contribution in [-0.2, 0) is 9.59 Å². The van der Waals surface area contributed by atoms with Gasteiger partial charge in [-0.2, -0.15) is 0 Å². The monoisotopic (exact) mass is 321 g/mol. The van der Waals surface area contributed by atoms with Crippen molar-refractivity contribution in [1.82, 2.24) is 4.90 Å². The lowest BCUT2D eigenvalue weighted by atomic mass is 9.97. The maximum absolute atomic E-state index is 12.1. The molecule has 0 radical (unpaired) electrons. The summed E-state index contributed by atoms with van der Waals surface area (Å²) in [5.74, 6) is -1.25. The number of hydrogen-bond donors (Lipinski definition) is 2. The van der Waals surface area contributed by atoms with Gasteiger partial charge in [0.05, 0.1) is 10.8 Å². The summed E-state index contributed by atoms with van der Waals surface area (Å²) in [6.07, 6.45) is 1.15. The summed E-state index contributed by atoms with van der Waals surface area (Å²) < 4.78 is 0. The van der Waals surface area contributed by atoms with Crippen LogP contribution in [0.25, 0.3) is 0 Å². The van der Waals surface area contributed by atoms with Crippen LogP contribution < -0.4 is 5.32 Å². The fourth-order valence-corrected chi connectivity index (χ4v) is 2.62. The summed E-state index contributed by atoms with van der Waals surface area (Å²) in [6, 6.07) is 6.27. The number of nitrogens with one attached hydrogen (secondary N) is 1. The molecular weight excluding hydrogens is 302 g/mol. The van der Waals surface area contributed by atoms with Gasteiger partial charge >= 0.3 is 5.97 Å². The van der Waals surface area contributed by atoms with E-state index in [4.69, 9.17) is 5.11 Å². The molecule has 1 amide bonds. The van der Waals surface area contributed by atoms with Crippen molar-refractivity contribution in [3.8, 4) is 0 Å². The Kier molecular flexibility index (Phi) is 5.51. The van der Waals surface area contributed by atoms with E-state index in [9.17, 15) is 19.7 Å². The Balaban J connectivity index is 1.80. The number of para-hydroxylation sites is 2. The van der Waals surface area contributed by atoms with Gasteiger partial charge in [-0.1, -0.05) is 12.1 Å². The highest BCUT2D eigenvalue weighted by Gasteiger charge is 2.26. The molecule has 1 aliphatic heterocycles. The lowest BCUT2D eigenvalue weighted by Crippen LogP contribution is -2.40. The SMILES string of the molecule is O=C(O)C1CCN(C(=O)CCNc2ccccc2[N+](=O)[O-])CC1. The summed E-state index contributed by atoms with van der Waals surface area (Å²) in [5.41, 5.74) is 0.358. The van der Waals surface area contributed by atoms with Crippen LogP contribution in [0.2, 0.25) is 0 Å². The average molecular weight is 321 g/mol. The molecule has 0 atom stereocenters. The molecule has 8 heteroatoms. The fourth-order valence-electron chi connectivity index (χ4n) is 2.62. The number of nitro groups is 1. The van der Waals surface area contributed by atoms with Crippen LogP contribution in [0.5, 0.6) is 0 Å². The third-order valence-corrected chi connectivity index (χ3v) is 3.95. The molecule has 1 saturated heterocycles. The number of piperidine rings is 1. The Morgan fingerprint density at radius 1 is 1.30 bits per heavy atom. The highest BCUT2D eigenvalue weighted by molar-refractivity contribution is 5.77. The molecule has 2 rings (SSSR count). The van der Waals surface area contributed by atoms with Crippen LogP contribution in [-0.4, -0.2) is 46.4 Å². The third kappa shape index (κ3) is 4.41. The van der Waals surface area contributed by atoms with E-state index < -0.39 is 10.9 Å². The van der Waals surface area contributed by atoms with Crippen LogP contribution in [0.1, 0.15) is 19.3 Å². The minimum absolute atomic E-state index is 0.0257. The number of anilines is 1. The standard InChI is InChI=1S/C15H19N3O5/c19-14(17-9-6-11(7-10-17)15(20)21)5-8-16-12-3-1-2-4-13(12)18(22)23/h1-4,11,16H,5-10H2,(H,20,21). The van der Waals surface area contributed by atoms with E-state index >= 15 is 0 Å². The largest absolute Gasteiger partial charge is 0.481 e. The van der Waals surface area contributed by atoms with Crippen molar-refractivity contribution < 1.29 is 19.6 Å². The smallest absolute Gasteiger partial charge is 0.306 e. The van der Waals surface area contributed by atoms with E-state index in [0.717, 1.165) is 0 Å². The second-order valence-corrected chi connectivity index (χ2v) is 5.44. The number of likely N-dealkylation sites (tertiary alicyclic amines) is 1. The second-order valence-electron chi connectivity index (χ2n) is 5.44. The minimum atomic E-state index is -0.810. The first kappa shape index (κ1) is 16.7. The number of nitrogens with zero attached hydrogens (tertiary/aromatic N) is 2. The molecule has 23 heavy (non-hydrogen) atoms. The lowest BCUT2D eigenvalue weighted by molar-refractivity contribution is -0.384. The molecule has 2 N–H and O–H groups in total. The van der Waals surface area contributed by atoms with Gasteiger partial charge in [0, 0.05) is 32.1 Å². The normalized spacial score (nSPS) is 15.2. The van der Waals surface area contributed by atoms with Crippen LogP contribution in [0.4, 0.5) is 11.4 Å². The number of carboxylic acids is 1. The van der Waals surface area contributed by atoms with Crippen molar-refractivity contribution >= 4 is 23.3 Å². The molecule has 1 fully saturated rings. The number of amides is 1. The highest BCUT2D eigenvalue weighted by Crippen LogP contribution is 2.23. The van der Waals surface area contributed by atoms with Gasteiger partial charge in [0.25, 0.3) is 5.69 Å². The maximum atomic E-state index is 12.1. The molecule has 0 unspecified atom stereocenters. The number of carbonyl (C=O) groups is 2. The Morgan fingerprint density at radius 3 is 2.57 bits per heavy atom. The minimum Gasteiger partial charge on any atom is -0.481 e. The summed E-state index contributed by atoms with van der Waals surface area (Å²) in [6.45, 7) is 1.19. The van der Waals surface area contributed by atoms with Gasteiger partial charge in [0.15, 0.2) is 0 Å². The molecule has 0 spiro atoms. The van der Waals surface area contributed by atoms with Gasteiger partial charge in [-0.15, -0.1) is 0 Å². The van der Waals surface area contributed by atoms with E-state index in [2.05, 4.69) is 5.32 Å². The molecule has 0 aromatic heterocycles. The summed E-state index contributed by atoms with van der Waals surface area (Å²) in [5, 5.41) is 22.7. The van der Waals surface area contributed by atoms with Crippen molar-refractivity contribution in [1.29, 1.82) is 0 Å². The Bertz CT molecular complexity index is 597. The molecule has 0 aliphatic carbocycles. The van der Waals surface area contributed by atoms with Crippen LogP contribution in [0, 0.1) is 16.0 Å². The van der Waals surface area contributed by atoms with Gasteiger partial charge in [-0.3, -0.25) is 19.7 Å². The fraction of sp³-hybridized carbons (Fsp3) is 0.467. The summed E-state index contributed by atoms with van der Waals surface area (Å²) in [4.78, 5) is 35.0. The zero-order valence-corrected chi connectivity index (χ0v) is 12.6. The van der Waals surface area contributed by atoms with Crippen LogP contribution in [0.3, 0.4) is 0 Å². The topological polar surface area (TPSA) is 113 Å². The number of hydrogen-bond acceptors (Lipinski definition) is 5. The second kappa shape index (κ2) is 7.57. The predicted molar refractivity (Wildman–Crippen MR) is 83.1 cm³/mol. The number of aliphatic carboxylic acids is 1. The number of benzene rings is 1. The van der Waals surface area contributed by atoms with E-state index in [1.165, 1.54) is 6.07 Å². The van der Waals surface area contributed by atoms with Crippen molar-refractivity contribution in [2.45, 2.75) is 19.3 Å². The van der Waals surface area contributed by atoms with Gasteiger partial charge < -0.3 is 15.3 Å². The van der Waals surface area contributed by atoms with Gasteiger partial charge in [-0.05, 0) is 18.9 Å². The summed E-state index contributed by atoms with van der Waals surface area (Å²) in [7, 11) is 0. The van der Waals surface area contributed by atoms with Gasteiger partial charge in [-0.25, -0.2) is 0 Å². The number of rotatable bonds is 6. The van der Waals surface area contributed by atoms with E-state index in [1.54, 1.807) is 23.1 Å². The summed E-state index contributed by atoms with van der Waals surface area (Å²) >= 11 is 0. The van der Waals surface area contributed by atoms with Crippen LogP contribution >= 0.6 is 0 Å². The number of nitro benzene ring substituents is 1. The zero-order valence-electron chi connectivity index (χ0n) is 12.6. The van der Waals surface area contributed by atoms with Crippen LogP contribution in [0.15, 0.2) is 24.3 Å². The van der Waals surface area contributed by atoms with Crippen molar-refractivity contribution in [2.24, 2.45) is 5.92 Å². The molecule has 1 aromatic rings. The molecule has 0 bridgehead atoms. The number of carboxylic acid groups (broad SMARTS) is 1. The molecule has 1 aliphatic rings. The molecular formula is C15H19N3O5. The Hall–Kier alpha value is -2.64. The molecule has 1 aromatic carbocycles. The van der Waals surface area contributed by atoms with Gasteiger partial charge in [0.1, 0.15) is 5.69 Å². The molecule has 8 nitrogen and oxygen atoms in total. The van der Waals surface area contributed by atoms with Crippen molar-refractivity contribution in [3.63, 3.8) is 0 Å². The van der Waals surface area contributed by atoms with Gasteiger partial charge in [0.2, 0.25) is 5.91 Å². The molecule has 1 heterocycles. The third-order valence-electron chi connectivity index (χ3n) is 3.95. The quantitative estimate of drug-likeness (QED) is 0.609.